The molecular weight excluding hydrogens is 856 g/mol. The third-order valence-corrected chi connectivity index (χ3v) is 2.69. The second kappa shape index (κ2) is 76.5. The third-order valence-electron chi connectivity index (χ3n) is 2.02. The molecule has 2 rings (SSSR count). The molecular formula is C14H23Fe6S11-9. The average molecular weight is 879 g/mol. The predicted octanol–water partition coefficient (Wildman–Crippen LogP) is 1.02. The van der Waals surface area contributed by atoms with E-state index in [-0.39, 0.29) is 224 Å². The van der Waals surface area contributed by atoms with E-state index in [9.17, 15) is 0 Å². The summed E-state index contributed by atoms with van der Waals surface area (Å²) in [5.41, 5.74) is 2.45. The summed E-state index contributed by atoms with van der Waals surface area (Å²) in [6.45, 7) is 0. The molecule has 0 nitrogen and oxygen atoms in total. The van der Waals surface area contributed by atoms with Gasteiger partial charge in [-0.25, -0.2) is 0 Å². The third kappa shape index (κ3) is 61.2. The Hall–Kier alpha value is 5.41. The summed E-state index contributed by atoms with van der Waals surface area (Å²) in [4.78, 5) is 0. The monoisotopic (exact) mass is 878 g/mol. The topological polar surface area (TPSA) is 0 Å². The van der Waals surface area contributed by atoms with Crippen LogP contribution in [0, 0.1) is 0 Å². The molecule has 0 fully saturated rings. The zero-order chi connectivity index (χ0) is 11.6. The predicted molar refractivity (Wildman–Crippen MR) is 154 cm³/mol. The molecule has 0 bridgehead atoms. The SMILES string of the molecule is [Fe+2].[Fe].[Fe].[Fe].[Fe].[Fe].[S-]Cc1ccccc1.[S-]Cc1ccccc1.[SH-].[SH-].[SH-].[SH-].[SH-].[SH-].[SH-].[SH-].[SH-]. The number of thiol groups is 9. The molecule has 2 aromatic rings. The minimum Gasteiger partial charge on any atom is -0.813 e. The summed E-state index contributed by atoms with van der Waals surface area (Å²) in [6, 6.07) is 20.1. The van der Waals surface area contributed by atoms with Crippen LogP contribution < -0.4 is 0 Å². The summed E-state index contributed by atoms with van der Waals surface area (Å²) in [6.07, 6.45) is 0. The molecule has 202 valence electrons. The maximum absolute atomic E-state index is 4.82. The fourth-order valence-corrected chi connectivity index (χ4v) is 1.53. The number of hydrogen-bond acceptors (Lipinski definition) is 11. The maximum Gasteiger partial charge on any atom is 2.00 e. The van der Waals surface area contributed by atoms with Crippen molar-refractivity contribution in [2.45, 2.75) is 11.5 Å². The van der Waals surface area contributed by atoms with Crippen LogP contribution in [-0.4, -0.2) is 0 Å². The number of hydrogen-bond donors (Lipinski definition) is 0. The molecule has 0 amide bonds. The molecule has 17 heteroatoms. The summed E-state index contributed by atoms with van der Waals surface area (Å²) in [5.74, 6) is 1.45. The summed E-state index contributed by atoms with van der Waals surface area (Å²) in [5, 5.41) is 0. The Balaban J connectivity index is -0.00000000856. The zero-order valence-corrected chi connectivity index (χ0v) is 31.5. The second-order valence-electron chi connectivity index (χ2n) is 3.26. The van der Waals surface area contributed by atoms with Crippen molar-refractivity contribution < 1.29 is 102 Å². The smallest absolute Gasteiger partial charge is 0.813 e. The van der Waals surface area contributed by atoms with Gasteiger partial charge in [0.2, 0.25) is 0 Å². The van der Waals surface area contributed by atoms with Gasteiger partial charge in [0.05, 0.1) is 0 Å². The molecule has 0 saturated heterocycles. The molecule has 0 unspecified atom stereocenters. The van der Waals surface area contributed by atoms with Crippen LogP contribution in [0.3, 0.4) is 0 Å². The average Bonchev–Trinajstić information content (AvgIpc) is 2.41. The van der Waals surface area contributed by atoms with E-state index in [1.54, 1.807) is 0 Å². The molecule has 0 radical (unpaired) electrons. The Morgan fingerprint density at radius 3 is 0.645 bits per heavy atom. The largest absolute Gasteiger partial charge is 2.00 e. The van der Waals surface area contributed by atoms with E-state index < -0.39 is 0 Å². The Labute approximate surface area is 327 Å². The van der Waals surface area contributed by atoms with Gasteiger partial charge in [0.1, 0.15) is 0 Å². The Kier molecular flexibility index (Phi) is 246. The Bertz CT molecular complexity index is 369. The molecule has 0 heterocycles. The van der Waals surface area contributed by atoms with Gasteiger partial charge in [-0.15, -0.1) is 0 Å². The van der Waals surface area contributed by atoms with E-state index in [1.807, 2.05) is 60.7 Å². The van der Waals surface area contributed by atoms with Crippen molar-refractivity contribution in [3.63, 3.8) is 0 Å². The molecule has 0 atom stereocenters. The van der Waals surface area contributed by atoms with Crippen LogP contribution in [0.25, 0.3) is 0 Å². The van der Waals surface area contributed by atoms with E-state index >= 15 is 0 Å². The van der Waals surface area contributed by atoms with Gasteiger partial charge in [0.25, 0.3) is 0 Å². The van der Waals surface area contributed by atoms with E-state index in [2.05, 4.69) is 0 Å². The quantitative estimate of drug-likeness (QED) is 0.242. The molecule has 0 aliphatic heterocycles. The van der Waals surface area contributed by atoms with E-state index in [4.69, 9.17) is 25.3 Å². The van der Waals surface area contributed by atoms with Crippen molar-refractivity contribution in [1.82, 2.24) is 0 Å². The first kappa shape index (κ1) is 99.6. The summed E-state index contributed by atoms with van der Waals surface area (Å²) in [7, 11) is 0. The first-order valence-corrected chi connectivity index (χ1v) is 6.26. The molecule has 0 aromatic heterocycles. The Morgan fingerprint density at radius 2 is 0.548 bits per heavy atom. The summed E-state index contributed by atoms with van der Waals surface area (Å²) >= 11 is 9.64. The normalized spacial score (nSPS) is 4.71. The van der Waals surface area contributed by atoms with Gasteiger partial charge in [0, 0.05) is 85.3 Å². The van der Waals surface area contributed by atoms with Crippen molar-refractivity contribution in [2.24, 2.45) is 0 Å². The van der Waals surface area contributed by atoms with Crippen LogP contribution >= 0.6 is 0 Å². The molecule has 0 saturated carbocycles. The van der Waals surface area contributed by atoms with Crippen molar-refractivity contribution >= 4 is 147 Å². The fraction of sp³-hybridized carbons (Fsp3) is 0.143. The van der Waals surface area contributed by atoms with Gasteiger partial charge in [-0.3, -0.25) is 0 Å². The molecule has 2 aromatic carbocycles. The number of benzene rings is 2. The Morgan fingerprint density at radius 1 is 0.387 bits per heavy atom. The van der Waals surface area contributed by atoms with Crippen LogP contribution in [0.15, 0.2) is 60.7 Å². The van der Waals surface area contributed by atoms with Crippen molar-refractivity contribution in [3.05, 3.63) is 71.8 Å². The zero-order valence-electron chi connectivity index (χ0n) is 15.2. The van der Waals surface area contributed by atoms with Gasteiger partial charge < -0.3 is 147 Å². The van der Waals surface area contributed by atoms with E-state index in [0.717, 1.165) is 11.5 Å². The maximum atomic E-state index is 4.82. The van der Waals surface area contributed by atoms with Gasteiger partial charge >= 0.3 is 17.1 Å². The van der Waals surface area contributed by atoms with Gasteiger partial charge in [-0.05, 0) is 0 Å². The fourth-order valence-electron chi connectivity index (χ4n) is 1.15. The van der Waals surface area contributed by atoms with E-state index in [0.29, 0.717) is 0 Å². The molecule has 0 aliphatic carbocycles. The number of rotatable bonds is 2. The first-order chi connectivity index (χ1) is 7.86. The van der Waals surface area contributed by atoms with Crippen LogP contribution in [0.4, 0.5) is 0 Å². The van der Waals surface area contributed by atoms with Crippen LogP contribution in [-0.2, 0) is 261 Å². The van der Waals surface area contributed by atoms with Crippen LogP contribution in [0.2, 0.25) is 0 Å². The molecule has 0 N–H and O–H groups in total. The van der Waals surface area contributed by atoms with Crippen LogP contribution in [0.1, 0.15) is 11.1 Å². The summed E-state index contributed by atoms with van der Waals surface area (Å²) < 4.78 is 0. The van der Waals surface area contributed by atoms with Gasteiger partial charge in [0.15, 0.2) is 0 Å². The minimum atomic E-state index is 0. The molecule has 0 spiro atoms. The molecule has 0 aliphatic rings. The molecule has 31 heavy (non-hydrogen) atoms. The van der Waals surface area contributed by atoms with Gasteiger partial charge in [-0.1, -0.05) is 71.8 Å². The standard InChI is InChI=1S/2C7H8S.6Fe.9H2S/c2*8-6-7-4-2-1-3-5-7;;;;;;;;;;;;;;;/h2*1-5,8H,6H2;;;;;;;9*1H2/q;;;;;;;+2;;;;;;;;;/p-11. The van der Waals surface area contributed by atoms with Crippen molar-refractivity contribution in [3.8, 4) is 0 Å². The van der Waals surface area contributed by atoms with Crippen LogP contribution in [0.5, 0.6) is 0 Å². The van der Waals surface area contributed by atoms with Crippen molar-refractivity contribution in [2.75, 3.05) is 0 Å². The van der Waals surface area contributed by atoms with Gasteiger partial charge in [-0.2, -0.15) is 11.5 Å². The minimum absolute atomic E-state index is 0. The van der Waals surface area contributed by atoms with Crippen molar-refractivity contribution in [1.29, 1.82) is 0 Å². The van der Waals surface area contributed by atoms with E-state index in [1.165, 1.54) is 11.1 Å². The first-order valence-electron chi connectivity index (χ1n) is 5.11. The second-order valence-corrected chi connectivity index (χ2v) is 3.84.